The summed E-state index contributed by atoms with van der Waals surface area (Å²) >= 11 is 0. The largest absolute Gasteiger partial charge is 0.481 e. The van der Waals surface area contributed by atoms with E-state index >= 15 is 0 Å². The van der Waals surface area contributed by atoms with Crippen LogP contribution >= 0.6 is 0 Å². The highest BCUT2D eigenvalue weighted by molar-refractivity contribution is 5.78. The normalized spacial score (nSPS) is 18.4. The number of aliphatic carboxylic acids is 1. The van der Waals surface area contributed by atoms with Gasteiger partial charge in [-0.3, -0.25) is 9.59 Å². The van der Waals surface area contributed by atoms with Crippen LogP contribution in [0.25, 0.3) is 0 Å². The number of amides is 1. The molecule has 0 aliphatic heterocycles. The first-order valence-corrected chi connectivity index (χ1v) is 7.94. The summed E-state index contributed by atoms with van der Waals surface area (Å²) in [4.78, 5) is 25.7. The van der Waals surface area contributed by atoms with Gasteiger partial charge in [0.25, 0.3) is 0 Å². The van der Waals surface area contributed by atoms with E-state index in [4.69, 9.17) is 9.84 Å². The maximum atomic E-state index is 12.7. The summed E-state index contributed by atoms with van der Waals surface area (Å²) in [6.45, 7) is 5.18. The van der Waals surface area contributed by atoms with Crippen molar-refractivity contribution in [2.24, 2.45) is 5.41 Å². The Balaban J connectivity index is 2.75. The molecule has 0 aromatic rings. The number of hydrogen-bond donors (Lipinski definition) is 1. The van der Waals surface area contributed by atoms with Crippen molar-refractivity contribution in [3.8, 4) is 0 Å². The van der Waals surface area contributed by atoms with Crippen LogP contribution in [0.3, 0.4) is 0 Å². The highest BCUT2D eigenvalue weighted by Crippen LogP contribution is 2.44. The molecule has 1 fully saturated rings. The van der Waals surface area contributed by atoms with Crippen LogP contribution in [0.2, 0.25) is 0 Å². The van der Waals surface area contributed by atoms with E-state index in [1.165, 1.54) is 0 Å². The minimum atomic E-state index is -0.795. The van der Waals surface area contributed by atoms with Crippen molar-refractivity contribution in [3.63, 3.8) is 0 Å². The van der Waals surface area contributed by atoms with Crippen molar-refractivity contribution >= 4 is 11.9 Å². The maximum absolute atomic E-state index is 12.7. The van der Waals surface area contributed by atoms with Gasteiger partial charge in [0, 0.05) is 26.1 Å². The highest BCUT2D eigenvalue weighted by atomic mass is 16.5. The summed E-state index contributed by atoms with van der Waals surface area (Å²) in [5, 5.41) is 9.14. The molecule has 122 valence electrons. The standard InChI is InChI=1S/C16H29NO4/c1-4-13(2)17(9-10-21-3)14(18)11-16(12-15(19)20)7-5-6-8-16/h13H,4-12H2,1-3H3,(H,19,20). The van der Waals surface area contributed by atoms with E-state index in [0.29, 0.717) is 19.6 Å². The van der Waals surface area contributed by atoms with E-state index in [-0.39, 0.29) is 23.8 Å². The molecule has 1 N–H and O–H groups in total. The average Bonchev–Trinajstić information content (AvgIpc) is 2.85. The van der Waals surface area contributed by atoms with Crippen molar-refractivity contribution < 1.29 is 19.4 Å². The lowest BCUT2D eigenvalue weighted by Gasteiger charge is -2.33. The Hall–Kier alpha value is -1.10. The molecule has 1 amide bonds. The number of ether oxygens (including phenoxy) is 1. The summed E-state index contributed by atoms with van der Waals surface area (Å²) in [7, 11) is 1.63. The minimum absolute atomic E-state index is 0.0737. The summed E-state index contributed by atoms with van der Waals surface area (Å²) in [6.07, 6.45) is 5.11. The van der Waals surface area contributed by atoms with Gasteiger partial charge in [0.1, 0.15) is 0 Å². The van der Waals surface area contributed by atoms with Crippen molar-refractivity contribution in [2.75, 3.05) is 20.3 Å². The van der Waals surface area contributed by atoms with Crippen molar-refractivity contribution in [1.82, 2.24) is 4.90 Å². The quantitative estimate of drug-likeness (QED) is 0.711. The second-order valence-corrected chi connectivity index (χ2v) is 6.29. The summed E-state index contributed by atoms with van der Waals surface area (Å²) in [6, 6.07) is 0.163. The van der Waals surface area contributed by atoms with Crippen LogP contribution < -0.4 is 0 Å². The molecular weight excluding hydrogens is 270 g/mol. The molecular formula is C16H29NO4. The van der Waals surface area contributed by atoms with Gasteiger partial charge in [-0.2, -0.15) is 0 Å². The summed E-state index contributed by atoms with van der Waals surface area (Å²) in [5.41, 5.74) is -0.332. The number of methoxy groups -OCH3 is 1. The molecule has 1 rings (SSSR count). The van der Waals surface area contributed by atoms with Crippen LogP contribution in [0.1, 0.15) is 58.8 Å². The van der Waals surface area contributed by atoms with Gasteiger partial charge in [-0.25, -0.2) is 0 Å². The monoisotopic (exact) mass is 299 g/mol. The smallest absolute Gasteiger partial charge is 0.303 e. The van der Waals surface area contributed by atoms with Gasteiger partial charge in [0.05, 0.1) is 13.0 Å². The van der Waals surface area contributed by atoms with Crippen LogP contribution in [0.4, 0.5) is 0 Å². The first kappa shape index (κ1) is 18.0. The molecule has 0 radical (unpaired) electrons. The fourth-order valence-corrected chi connectivity index (χ4v) is 3.29. The Bertz CT molecular complexity index is 350. The van der Waals surface area contributed by atoms with Crippen LogP contribution in [0.5, 0.6) is 0 Å². The highest BCUT2D eigenvalue weighted by Gasteiger charge is 2.39. The number of carboxylic acid groups (broad SMARTS) is 1. The van der Waals surface area contributed by atoms with Gasteiger partial charge in [-0.1, -0.05) is 19.8 Å². The molecule has 21 heavy (non-hydrogen) atoms. The Kier molecular flexibility index (Phi) is 7.15. The Morgan fingerprint density at radius 3 is 2.38 bits per heavy atom. The molecule has 1 aliphatic carbocycles. The van der Waals surface area contributed by atoms with Crippen molar-refractivity contribution in [3.05, 3.63) is 0 Å². The zero-order valence-electron chi connectivity index (χ0n) is 13.6. The topological polar surface area (TPSA) is 66.8 Å². The molecule has 0 spiro atoms. The van der Waals surface area contributed by atoms with Crippen molar-refractivity contribution in [2.45, 2.75) is 64.8 Å². The molecule has 0 heterocycles. The number of carbonyl (C=O) groups is 2. The minimum Gasteiger partial charge on any atom is -0.481 e. The van der Waals surface area contributed by atoms with Crippen molar-refractivity contribution in [1.29, 1.82) is 0 Å². The molecule has 5 nitrogen and oxygen atoms in total. The Morgan fingerprint density at radius 2 is 1.90 bits per heavy atom. The zero-order chi connectivity index (χ0) is 15.9. The number of rotatable bonds is 9. The molecule has 1 unspecified atom stereocenters. The van der Waals surface area contributed by atoms with Gasteiger partial charge in [0.15, 0.2) is 0 Å². The van der Waals surface area contributed by atoms with Gasteiger partial charge < -0.3 is 14.7 Å². The van der Waals surface area contributed by atoms with E-state index in [1.807, 2.05) is 11.8 Å². The fraction of sp³-hybridized carbons (Fsp3) is 0.875. The van der Waals surface area contributed by atoms with Gasteiger partial charge in [-0.05, 0) is 31.6 Å². The molecule has 1 atom stereocenters. The first-order valence-electron chi connectivity index (χ1n) is 7.94. The summed E-state index contributed by atoms with van der Waals surface area (Å²) < 4.78 is 5.09. The first-order chi connectivity index (χ1) is 9.94. The van der Waals surface area contributed by atoms with Gasteiger partial charge in [-0.15, -0.1) is 0 Å². The maximum Gasteiger partial charge on any atom is 0.303 e. The zero-order valence-corrected chi connectivity index (χ0v) is 13.6. The second kappa shape index (κ2) is 8.37. The Labute approximate surface area is 127 Å². The van der Waals surface area contributed by atoms with E-state index in [9.17, 15) is 9.59 Å². The molecule has 1 saturated carbocycles. The predicted molar refractivity (Wildman–Crippen MR) is 81.1 cm³/mol. The third-order valence-electron chi connectivity index (χ3n) is 4.70. The van der Waals surface area contributed by atoms with E-state index in [2.05, 4.69) is 6.92 Å². The number of nitrogens with zero attached hydrogens (tertiary/aromatic N) is 1. The summed E-state index contributed by atoms with van der Waals surface area (Å²) in [5.74, 6) is -0.721. The molecule has 0 bridgehead atoms. The predicted octanol–water partition coefficient (Wildman–Crippen LogP) is 2.69. The lowest BCUT2D eigenvalue weighted by atomic mass is 9.79. The van der Waals surface area contributed by atoms with Crippen LogP contribution in [0.15, 0.2) is 0 Å². The van der Waals surface area contributed by atoms with Gasteiger partial charge >= 0.3 is 5.97 Å². The lowest BCUT2D eigenvalue weighted by molar-refractivity contribution is -0.142. The number of carboxylic acids is 1. The molecule has 0 aromatic carbocycles. The number of hydrogen-bond acceptors (Lipinski definition) is 3. The molecule has 5 heteroatoms. The lowest BCUT2D eigenvalue weighted by Crippen LogP contribution is -2.43. The number of carbonyl (C=O) groups excluding carboxylic acids is 1. The third-order valence-corrected chi connectivity index (χ3v) is 4.70. The molecule has 0 aromatic heterocycles. The van der Waals surface area contributed by atoms with Crippen LogP contribution in [-0.4, -0.2) is 48.2 Å². The molecule has 0 saturated heterocycles. The van der Waals surface area contributed by atoms with Crippen LogP contribution in [-0.2, 0) is 14.3 Å². The third kappa shape index (κ3) is 5.30. The van der Waals surface area contributed by atoms with E-state index in [0.717, 1.165) is 32.1 Å². The molecule has 1 aliphatic rings. The fourth-order valence-electron chi connectivity index (χ4n) is 3.29. The SMILES string of the molecule is CCC(C)N(CCOC)C(=O)CC1(CC(=O)O)CCCC1. The van der Waals surface area contributed by atoms with Crippen LogP contribution in [0, 0.1) is 5.41 Å². The van der Waals surface area contributed by atoms with Gasteiger partial charge in [0.2, 0.25) is 5.91 Å². The Morgan fingerprint density at radius 1 is 1.29 bits per heavy atom. The average molecular weight is 299 g/mol. The van der Waals surface area contributed by atoms with E-state index in [1.54, 1.807) is 7.11 Å². The van der Waals surface area contributed by atoms with E-state index < -0.39 is 5.97 Å². The second-order valence-electron chi connectivity index (χ2n) is 6.29.